The largest absolute Gasteiger partial charge is 0.390 e. The molecule has 6 heteroatoms. The Kier molecular flexibility index (Phi) is 2.79. The monoisotopic (exact) mass is 220 g/mol. The highest BCUT2D eigenvalue weighted by molar-refractivity contribution is 7.89. The van der Waals surface area contributed by atoms with Crippen LogP contribution >= 0.6 is 0 Å². The van der Waals surface area contributed by atoms with E-state index in [1.54, 1.807) is 0 Å². The van der Waals surface area contributed by atoms with Gasteiger partial charge >= 0.3 is 0 Å². The number of nitrogens with one attached hydrogen (secondary N) is 1. The van der Waals surface area contributed by atoms with Crippen molar-refractivity contribution in [1.82, 2.24) is 9.62 Å². The molecule has 0 radical (unpaired) electrons. The fourth-order valence-electron chi connectivity index (χ4n) is 1.91. The zero-order valence-corrected chi connectivity index (χ0v) is 8.83. The molecule has 2 rings (SSSR count). The van der Waals surface area contributed by atoms with Gasteiger partial charge in [0.25, 0.3) is 0 Å². The van der Waals surface area contributed by atoms with Gasteiger partial charge < -0.3 is 10.4 Å². The Balaban J connectivity index is 2.00. The second kappa shape index (κ2) is 3.77. The predicted molar refractivity (Wildman–Crippen MR) is 52.4 cm³/mol. The Morgan fingerprint density at radius 2 is 2.07 bits per heavy atom. The van der Waals surface area contributed by atoms with E-state index >= 15 is 0 Å². The molecule has 1 unspecified atom stereocenters. The van der Waals surface area contributed by atoms with Crippen LogP contribution in [-0.4, -0.2) is 55.4 Å². The van der Waals surface area contributed by atoms with Gasteiger partial charge in [0.15, 0.2) is 0 Å². The third-order valence-corrected chi connectivity index (χ3v) is 5.12. The van der Waals surface area contributed by atoms with Gasteiger partial charge in [0.1, 0.15) is 0 Å². The molecule has 0 bridgehead atoms. The first kappa shape index (κ1) is 10.4. The van der Waals surface area contributed by atoms with Crippen LogP contribution in [0.1, 0.15) is 12.8 Å². The van der Waals surface area contributed by atoms with Crippen molar-refractivity contribution in [2.45, 2.75) is 24.2 Å². The van der Waals surface area contributed by atoms with Crippen LogP contribution in [0.2, 0.25) is 0 Å². The lowest BCUT2D eigenvalue weighted by molar-refractivity contribution is 0.0539. The van der Waals surface area contributed by atoms with E-state index in [2.05, 4.69) is 5.32 Å². The van der Waals surface area contributed by atoms with E-state index in [1.165, 1.54) is 4.31 Å². The first-order valence-corrected chi connectivity index (χ1v) is 6.49. The molecule has 2 N–H and O–H groups in total. The average molecular weight is 220 g/mol. The molecule has 2 fully saturated rings. The zero-order chi connectivity index (χ0) is 10.2. The van der Waals surface area contributed by atoms with Crippen LogP contribution in [0.25, 0.3) is 0 Å². The number of aliphatic hydroxyl groups is 1. The number of hydrogen-bond donors (Lipinski definition) is 2. The summed E-state index contributed by atoms with van der Waals surface area (Å²) in [6, 6.07) is 0. The molecule has 0 spiro atoms. The summed E-state index contributed by atoms with van der Waals surface area (Å²) < 4.78 is 25.2. The van der Waals surface area contributed by atoms with Gasteiger partial charge in [-0.3, -0.25) is 0 Å². The number of aliphatic hydroxyl groups excluding tert-OH is 1. The molecule has 1 atom stereocenters. The highest BCUT2D eigenvalue weighted by Crippen LogP contribution is 2.21. The minimum Gasteiger partial charge on any atom is -0.390 e. The highest BCUT2D eigenvalue weighted by Gasteiger charge is 2.39. The van der Waals surface area contributed by atoms with Crippen molar-refractivity contribution in [2.75, 3.05) is 26.2 Å². The van der Waals surface area contributed by atoms with Crippen LogP contribution in [-0.2, 0) is 10.0 Å². The molecule has 14 heavy (non-hydrogen) atoms. The van der Waals surface area contributed by atoms with Crippen LogP contribution in [0.5, 0.6) is 0 Å². The fourth-order valence-corrected chi connectivity index (χ4v) is 3.88. The molecule has 0 amide bonds. The molecule has 82 valence electrons. The van der Waals surface area contributed by atoms with E-state index in [1.807, 2.05) is 0 Å². The van der Waals surface area contributed by atoms with Crippen LogP contribution in [0, 0.1) is 0 Å². The van der Waals surface area contributed by atoms with Gasteiger partial charge in [0.05, 0.1) is 11.4 Å². The lowest BCUT2D eigenvalue weighted by atomic mass is 10.2. The van der Waals surface area contributed by atoms with Crippen molar-refractivity contribution in [3.05, 3.63) is 0 Å². The molecule has 2 aliphatic rings. The summed E-state index contributed by atoms with van der Waals surface area (Å²) in [5.41, 5.74) is 0. The van der Waals surface area contributed by atoms with Crippen molar-refractivity contribution in [1.29, 1.82) is 0 Å². The normalized spacial score (nSPS) is 31.4. The molecule has 2 heterocycles. The number of rotatable bonds is 2. The van der Waals surface area contributed by atoms with Crippen LogP contribution in [0.4, 0.5) is 0 Å². The number of hydrogen-bond acceptors (Lipinski definition) is 4. The summed E-state index contributed by atoms with van der Waals surface area (Å²) >= 11 is 0. The highest BCUT2D eigenvalue weighted by atomic mass is 32.2. The fraction of sp³-hybridized carbons (Fsp3) is 1.00. The van der Waals surface area contributed by atoms with Gasteiger partial charge in [0.2, 0.25) is 10.0 Å². The van der Waals surface area contributed by atoms with E-state index in [0.717, 1.165) is 19.4 Å². The summed E-state index contributed by atoms with van der Waals surface area (Å²) in [4.78, 5) is 0. The Labute approximate surface area is 84.1 Å². The summed E-state index contributed by atoms with van der Waals surface area (Å²) in [6.45, 7) is 2.02. The quantitative estimate of drug-likeness (QED) is 0.610. The first-order chi connectivity index (χ1) is 6.60. The Morgan fingerprint density at radius 3 is 2.57 bits per heavy atom. The number of sulfonamides is 1. The van der Waals surface area contributed by atoms with Crippen LogP contribution in [0.15, 0.2) is 0 Å². The third kappa shape index (κ3) is 1.79. The van der Waals surface area contributed by atoms with E-state index < -0.39 is 16.1 Å². The number of nitrogens with zero attached hydrogens (tertiary/aromatic N) is 1. The molecule has 0 aromatic carbocycles. The van der Waals surface area contributed by atoms with Gasteiger partial charge in [-0.15, -0.1) is 0 Å². The van der Waals surface area contributed by atoms with Crippen LogP contribution < -0.4 is 5.32 Å². The number of piperidine rings is 1. The standard InChI is InChI=1S/C8H16N2O3S/c11-7-5-10(6-7)14(12,13)8-2-1-3-9-4-8/h7-9,11H,1-6H2. The molecule has 5 nitrogen and oxygen atoms in total. The topological polar surface area (TPSA) is 69.6 Å². The number of β-amino-alcohol motifs (C(OH)–C–C–N with tert-alkyl or cyclic N) is 1. The summed E-state index contributed by atoms with van der Waals surface area (Å²) in [6.07, 6.45) is 1.20. The molecule has 0 saturated carbocycles. The summed E-state index contributed by atoms with van der Waals surface area (Å²) in [5.74, 6) is 0. The second-order valence-corrected chi connectivity index (χ2v) is 6.20. The van der Waals surface area contributed by atoms with Gasteiger partial charge in [-0.05, 0) is 19.4 Å². The van der Waals surface area contributed by atoms with E-state index in [4.69, 9.17) is 5.11 Å². The Morgan fingerprint density at radius 1 is 1.36 bits per heavy atom. The average Bonchev–Trinajstić information content (AvgIpc) is 2.14. The SMILES string of the molecule is O=S(=O)(C1CCCNC1)N1CC(O)C1. The van der Waals surface area contributed by atoms with Crippen molar-refractivity contribution in [2.24, 2.45) is 0 Å². The lowest BCUT2D eigenvalue weighted by Gasteiger charge is -2.38. The molecule has 2 saturated heterocycles. The van der Waals surface area contributed by atoms with Gasteiger partial charge in [-0.2, -0.15) is 4.31 Å². The maximum Gasteiger partial charge on any atom is 0.218 e. The first-order valence-electron chi connectivity index (χ1n) is 4.98. The molecule has 0 aromatic rings. The Hall–Kier alpha value is -0.170. The van der Waals surface area contributed by atoms with Crippen molar-refractivity contribution in [3.8, 4) is 0 Å². The van der Waals surface area contributed by atoms with E-state index in [0.29, 0.717) is 6.54 Å². The molecule has 2 aliphatic heterocycles. The van der Waals surface area contributed by atoms with Crippen molar-refractivity contribution < 1.29 is 13.5 Å². The lowest BCUT2D eigenvalue weighted by Crippen LogP contribution is -2.57. The smallest absolute Gasteiger partial charge is 0.218 e. The van der Waals surface area contributed by atoms with Gasteiger partial charge in [-0.1, -0.05) is 0 Å². The van der Waals surface area contributed by atoms with Crippen LogP contribution in [0.3, 0.4) is 0 Å². The maximum atomic E-state index is 11.9. The van der Waals surface area contributed by atoms with Gasteiger partial charge in [-0.25, -0.2) is 8.42 Å². The summed E-state index contributed by atoms with van der Waals surface area (Å²) in [7, 11) is -3.15. The minimum atomic E-state index is -3.15. The maximum absolute atomic E-state index is 11.9. The Bertz CT molecular complexity index is 292. The molecule has 0 aliphatic carbocycles. The third-order valence-electron chi connectivity index (χ3n) is 2.86. The van der Waals surface area contributed by atoms with Crippen molar-refractivity contribution in [3.63, 3.8) is 0 Å². The van der Waals surface area contributed by atoms with E-state index in [-0.39, 0.29) is 18.3 Å². The predicted octanol–water partition coefficient (Wildman–Crippen LogP) is -1.26. The van der Waals surface area contributed by atoms with Gasteiger partial charge in [0, 0.05) is 19.6 Å². The molecular formula is C8H16N2O3S. The van der Waals surface area contributed by atoms with Crippen molar-refractivity contribution >= 4 is 10.0 Å². The van der Waals surface area contributed by atoms with E-state index in [9.17, 15) is 8.42 Å². The zero-order valence-electron chi connectivity index (χ0n) is 8.02. The molecular weight excluding hydrogens is 204 g/mol. The second-order valence-electron chi connectivity index (χ2n) is 3.98. The minimum absolute atomic E-state index is 0.277. The summed E-state index contributed by atoms with van der Waals surface area (Å²) in [5, 5.41) is 11.9. The molecule has 0 aromatic heterocycles.